The average Bonchev–Trinajstić information content (AvgIpc) is 3.39. The Labute approximate surface area is 195 Å². The van der Waals surface area contributed by atoms with E-state index in [1.807, 2.05) is 0 Å². The quantitative estimate of drug-likeness (QED) is 0.496. The maximum atomic E-state index is 13.0. The van der Waals surface area contributed by atoms with E-state index in [9.17, 15) is 13.2 Å². The molecule has 2 saturated heterocycles. The summed E-state index contributed by atoms with van der Waals surface area (Å²) in [6.07, 6.45) is -2.55. The molecule has 2 aromatic carbocycles. The summed E-state index contributed by atoms with van der Waals surface area (Å²) in [4.78, 5) is 8.58. The molecule has 1 N–H and O–H groups in total. The van der Waals surface area contributed by atoms with Gasteiger partial charge in [0.15, 0.2) is 17.6 Å². The number of aromatic nitrogens is 2. The third-order valence-corrected chi connectivity index (χ3v) is 6.32. The molecule has 0 saturated carbocycles. The Morgan fingerprint density at radius 3 is 2.73 bits per heavy atom. The number of ether oxygens (including phenoxy) is 4. The van der Waals surface area contributed by atoms with E-state index in [1.165, 1.54) is 19.5 Å². The van der Waals surface area contributed by atoms with Crippen LogP contribution in [0.1, 0.15) is 12.0 Å². The summed E-state index contributed by atoms with van der Waals surface area (Å²) < 4.78 is 62.4. The van der Waals surface area contributed by atoms with Gasteiger partial charge in [-0.1, -0.05) is 0 Å². The first-order chi connectivity index (χ1) is 15.8. The van der Waals surface area contributed by atoms with E-state index in [4.69, 9.17) is 18.9 Å². The molecule has 0 aliphatic carbocycles. The van der Waals surface area contributed by atoms with Crippen molar-refractivity contribution in [2.45, 2.75) is 30.9 Å². The van der Waals surface area contributed by atoms with Crippen molar-refractivity contribution in [3.63, 3.8) is 0 Å². The number of nitrogens with zero attached hydrogens (tertiary/aromatic N) is 2. The molecule has 1 aromatic heterocycles. The number of fused-ring (bicyclic) bond motifs is 2. The Bertz CT molecular complexity index is 1190. The summed E-state index contributed by atoms with van der Waals surface area (Å²) in [7, 11) is 1.53. The van der Waals surface area contributed by atoms with Crippen LogP contribution in [0, 0.1) is 0 Å². The minimum absolute atomic E-state index is 0.0433. The summed E-state index contributed by atoms with van der Waals surface area (Å²) in [5.74, 6) is 1.37. The molecular weight excluding hydrogens is 507 g/mol. The van der Waals surface area contributed by atoms with Gasteiger partial charge in [0.25, 0.3) is 0 Å². The normalized spacial score (nSPS) is 22.4. The molecule has 3 aromatic rings. The average molecular weight is 526 g/mol. The topological polar surface area (TPSA) is 74.7 Å². The SMILES string of the molecule is COc1cc2c(Nc3ccc(C(F)(F)F)cc3Br)ncnc2cc1O[C@@H]1COC2CCOC21. The van der Waals surface area contributed by atoms with Crippen molar-refractivity contribution in [3.05, 3.63) is 46.7 Å². The Kier molecular flexibility index (Phi) is 5.79. The summed E-state index contributed by atoms with van der Waals surface area (Å²) >= 11 is 3.20. The standard InChI is InChI=1S/C22H19BrF3N3O4/c1-30-17-7-12-15(8-18(17)33-19-9-32-16-4-5-31-20(16)19)27-10-28-21(12)29-14-3-2-11(6-13(14)23)22(24,25)26/h2-3,6-8,10,16,19-20H,4-5,9H2,1H3,(H,27,28,29)/t16?,19-,20?/m1/s1. The molecule has 3 atom stereocenters. The van der Waals surface area contributed by atoms with Gasteiger partial charge in [-0.15, -0.1) is 0 Å². The first kappa shape index (κ1) is 22.2. The van der Waals surface area contributed by atoms with E-state index in [0.717, 1.165) is 18.6 Å². The van der Waals surface area contributed by atoms with Crippen LogP contribution >= 0.6 is 15.9 Å². The van der Waals surface area contributed by atoms with Gasteiger partial charge in [-0.3, -0.25) is 0 Å². The van der Waals surface area contributed by atoms with Crippen molar-refractivity contribution in [3.8, 4) is 11.5 Å². The first-order valence-electron chi connectivity index (χ1n) is 10.2. The van der Waals surface area contributed by atoms with Gasteiger partial charge in [0.1, 0.15) is 18.2 Å². The van der Waals surface area contributed by atoms with Gasteiger partial charge in [0.05, 0.1) is 36.6 Å². The Morgan fingerprint density at radius 2 is 1.97 bits per heavy atom. The van der Waals surface area contributed by atoms with Gasteiger partial charge >= 0.3 is 6.18 Å². The van der Waals surface area contributed by atoms with Crippen molar-refractivity contribution >= 4 is 38.3 Å². The van der Waals surface area contributed by atoms with E-state index in [-0.39, 0.29) is 22.8 Å². The number of hydrogen-bond donors (Lipinski definition) is 1. The molecule has 0 bridgehead atoms. The van der Waals surface area contributed by atoms with Crippen LogP contribution in [0.2, 0.25) is 0 Å². The molecule has 7 nitrogen and oxygen atoms in total. The minimum atomic E-state index is -4.43. The first-order valence-corrected chi connectivity index (χ1v) is 11.0. The zero-order valence-electron chi connectivity index (χ0n) is 17.4. The zero-order chi connectivity index (χ0) is 23.2. The molecule has 2 aliphatic heterocycles. The van der Waals surface area contributed by atoms with Gasteiger partial charge in [-0.2, -0.15) is 13.2 Å². The lowest BCUT2D eigenvalue weighted by molar-refractivity contribution is -0.137. The second-order valence-electron chi connectivity index (χ2n) is 7.71. The van der Waals surface area contributed by atoms with E-state index in [2.05, 4.69) is 31.2 Å². The molecule has 5 rings (SSSR count). The largest absolute Gasteiger partial charge is 0.493 e. The molecule has 11 heteroatoms. The lowest BCUT2D eigenvalue weighted by Crippen LogP contribution is -2.32. The molecule has 2 unspecified atom stereocenters. The molecule has 2 fully saturated rings. The molecule has 0 amide bonds. The minimum Gasteiger partial charge on any atom is -0.493 e. The predicted octanol–water partition coefficient (Wildman–Crippen LogP) is 5.10. The monoisotopic (exact) mass is 525 g/mol. The Morgan fingerprint density at radius 1 is 1.12 bits per heavy atom. The van der Waals surface area contributed by atoms with Crippen LogP contribution < -0.4 is 14.8 Å². The van der Waals surface area contributed by atoms with Crippen molar-refractivity contribution in [2.24, 2.45) is 0 Å². The number of alkyl halides is 3. The van der Waals surface area contributed by atoms with E-state index in [0.29, 0.717) is 47.1 Å². The van der Waals surface area contributed by atoms with Gasteiger partial charge < -0.3 is 24.3 Å². The van der Waals surface area contributed by atoms with Crippen LogP contribution in [0.3, 0.4) is 0 Å². The summed E-state index contributed by atoms with van der Waals surface area (Å²) in [5, 5.41) is 3.68. The van der Waals surface area contributed by atoms with Gasteiger partial charge in [-0.05, 0) is 46.6 Å². The molecule has 2 aliphatic rings. The summed E-state index contributed by atoms with van der Waals surface area (Å²) in [6, 6.07) is 6.83. The Balaban J connectivity index is 1.45. The zero-order valence-corrected chi connectivity index (χ0v) is 18.9. The van der Waals surface area contributed by atoms with Gasteiger partial charge in [0.2, 0.25) is 0 Å². The fourth-order valence-electron chi connectivity index (χ4n) is 4.03. The number of methoxy groups -OCH3 is 1. The highest BCUT2D eigenvalue weighted by Gasteiger charge is 2.43. The van der Waals surface area contributed by atoms with E-state index in [1.54, 1.807) is 12.1 Å². The number of halogens is 4. The maximum Gasteiger partial charge on any atom is 0.416 e. The number of anilines is 2. The smallest absolute Gasteiger partial charge is 0.416 e. The molecule has 174 valence electrons. The van der Waals surface area contributed by atoms with E-state index < -0.39 is 11.7 Å². The second-order valence-corrected chi connectivity index (χ2v) is 8.57. The highest BCUT2D eigenvalue weighted by molar-refractivity contribution is 9.10. The highest BCUT2D eigenvalue weighted by atomic mass is 79.9. The van der Waals surface area contributed by atoms with Crippen LogP contribution in [0.15, 0.2) is 41.1 Å². The predicted molar refractivity (Wildman–Crippen MR) is 117 cm³/mol. The number of nitrogens with one attached hydrogen (secondary N) is 1. The van der Waals surface area contributed by atoms with Crippen molar-refractivity contribution in [1.82, 2.24) is 9.97 Å². The molecular formula is C22H19BrF3N3O4. The third kappa shape index (κ3) is 4.32. The highest BCUT2D eigenvalue weighted by Crippen LogP contribution is 2.39. The van der Waals surface area contributed by atoms with Crippen molar-refractivity contribution < 1.29 is 32.1 Å². The van der Waals surface area contributed by atoms with Crippen LogP contribution in [-0.2, 0) is 15.7 Å². The second kappa shape index (κ2) is 8.62. The van der Waals surface area contributed by atoms with Gasteiger partial charge in [-0.25, -0.2) is 9.97 Å². The van der Waals surface area contributed by atoms with Crippen molar-refractivity contribution in [2.75, 3.05) is 25.6 Å². The summed E-state index contributed by atoms with van der Waals surface area (Å²) in [5.41, 5.74) is 0.254. The fourth-order valence-corrected chi connectivity index (χ4v) is 4.51. The summed E-state index contributed by atoms with van der Waals surface area (Å²) in [6.45, 7) is 1.07. The van der Waals surface area contributed by atoms with Crippen LogP contribution in [0.5, 0.6) is 11.5 Å². The molecule has 0 spiro atoms. The van der Waals surface area contributed by atoms with Crippen LogP contribution in [-0.4, -0.2) is 48.6 Å². The fraction of sp³-hybridized carbons (Fsp3) is 0.364. The van der Waals surface area contributed by atoms with Crippen LogP contribution in [0.25, 0.3) is 10.9 Å². The van der Waals surface area contributed by atoms with Crippen LogP contribution in [0.4, 0.5) is 24.7 Å². The van der Waals surface area contributed by atoms with E-state index >= 15 is 0 Å². The number of benzene rings is 2. The molecule has 33 heavy (non-hydrogen) atoms. The molecule has 0 radical (unpaired) electrons. The lowest BCUT2D eigenvalue weighted by atomic mass is 10.1. The molecule has 3 heterocycles. The maximum absolute atomic E-state index is 13.0. The lowest BCUT2D eigenvalue weighted by Gasteiger charge is -2.20. The number of hydrogen-bond acceptors (Lipinski definition) is 7. The Hall–Kier alpha value is -2.63. The van der Waals surface area contributed by atoms with Gasteiger partial charge in [0, 0.05) is 22.5 Å². The number of rotatable bonds is 5. The third-order valence-electron chi connectivity index (χ3n) is 5.67. The van der Waals surface area contributed by atoms with Crippen molar-refractivity contribution in [1.29, 1.82) is 0 Å².